The predicted molar refractivity (Wildman–Crippen MR) is 206 cm³/mol. The van der Waals surface area contributed by atoms with E-state index in [2.05, 4.69) is 11.8 Å². The van der Waals surface area contributed by atoms with E-state index in [1.54, 1.807) is 6.92 Å². The van der Waals surface area contributed by atoms with Gasteiger partial charge < -0.3 is 10.2 Å². The Morgan fingerprint density at radius 1 is 0.654 bits per heavy atom. The highest BCUT2D eigenvalue weighted by atomic mass is 32.3. The third-order valence-electron chi connectivity index (χ3n) is 9.81. The van der Waals surface area contributed by atoms with Crippen molar-refractivity contribution in [3.63, 3.8) is 0 Å². The Balaban J connectivity index is 1.99. The number of aliphatic hydroxyl groups is 2. The van der Waals surface area contributed by atoms with E-state index >= 15 is 0 Å². The van der Waals surface area contributed by atoms with Gasteiger partial charge in [-0.25, -0.2) is 8.37 Å². The Morgan fingerprint density at radius 2 is 1.08 bits per heavy atom. The van der Waals surface area contributed by atoms with Gasteiger partial charge in [0, 0.05) is 11.8 Å². The van der Waals surface area contributed by atoms with E-state index in [1.807, 2.05) is 135 Å². The van der Waals surface area contributed by atoms with Crippen molar-refractivity contribution in [3.8, 4) is 11.8 Å². The van der Waals surface area contributed by atoms with Crippen molar-refractivity contribution in [3.05, 3.63) is 95.2 Å². The molecule has 0 aromatic rings. The smallest absolute Gasteiger partial charge is 0.390 e. The fourth-order valence-electron chi connectivity index (χ4n) is 7.20. The molecule has 8 unspecified atom stereocenters. The molecule has 0 bridgehead atoms. The number of hydrogen-bond acceptors (Lipinski definition) is 8. The van der Waals surface area contributed by atoms with Gasteiger partial charge in [0.1, 0.15) is 12.2 Å². The molecule has 0 heterocycles. The van der Waals surface area contributed by atoms with Crippen LogP contribution in [0.4, 0.5) is 0 Å². The maximum absolute atomic E-state index is 11.3. The van der Waals surface area contributed by atoms with Gasteiger partial charge in [0.2, 0.25) is 0 Å². The third kappa shape index (κ3) is 14.9. The van der Waals surface area contributed by atoms with Gasteiger partial charge in [0.25, 0.3) is 0 Å². The van der Waals surface area contributed by atoms with Gasteiger partial charge in [-0.2, -0.15) is 16.8 Å². The molecule has 0 aromatic heterocycles. The molecule has 4 N–H and O–H groups in total. The summed E-state index contributed by atoms with van der Waals surface area (Å²) in [6.07, 6.45) is 20.0. The average Bonchev–Trinajstić information content (AvgIpc) is 2.97. The summed E-state index contributed by atoms with van der Waals surface area (Å²) in [5.74, 6) is 5.27. The Morgan fingerprint density at radius 3 is 1.58 bits per heavy atom. The summed E-state index contributed by atoms with van der Waals surface area (Å²) in [5, 5.41) is 20.9. The Bertz CT molecular complexity index is 1780. The van der Waals surface area contributed by atoms with Gasteiger partial charge in [-0.15, -0.1) is 0 Å². The van der Waals surface area contributed by atoms with E-state index in [1.165, 1.54) is 0 Å². The van der Waals surface area contributed by atoms with E-state index in [9.17, 15) is 31.6 Å². The molecule has 8 atom stereocenters. The molecule has 2 fully saturated rings. The molecule has 12 heteroatoms. The van der Waals surface area contributed by atoms with Gasteiger partial charge in [-0.3, -0.25) is 9.11 Å². The van der Waals surface area contributed by atoms with E-state index in [-0.39, 0.29) is 35.0 Å². The van der Waals surface area contributed by atoms with Crippen LogP contribution in [0.2, 0.25) is 0 Å². The van der Waals surface area contributed by atoms with Crippen molar-refractivity contribution >= 4 is 20.8 Å². The third-order valence-corrected chi connectivity index (χ3v) is 10.7. The second-order valence-corrected chi connectivity index (χ2v) is 17.6. The summed E-state index contributed by atoms with van der Waals surface area (Å²) in [4.78, 5) is 0. The summed E-state index contributed by atoms with van der Waals surface area (Å²) in [5.41, 5.74) is 3.19. The molecule has 0 radical (unpaired) electrons. The average molecular weight is 763 g/mol. The molecular weight excluding hydrogens is 705 g/mol. The van der Waals surface area contributed by atoms with E-state index < -0.39 is 51.1 Å². The zero-order valence-corrected chi connectivity index (χ0v) is 33.6. The first-order valence-corrected chi connectivity index (χ1v) is 20.1. The molecule has 2 rings (SSSR count). The number of rotatable bonds is 12. The minimum absolute atomic E-state index is 0.0877. The van der Waals surface area contributed by atoms with Crippen molar-refractivity contribution in [2.24, 2.45) is 34.5 Å². The predicted octanol–water partition coefficient (Wildman–Crippen LogP) is 7.46. The summed E-state index contributed by atoms with van der Waals surface area (Å²) < 4.78 is 73.2. The van der Waals surface area contributed by atoms with Gasteiger partial charge in [0.05, 0.1) is 12.2 Å². The van der Waals surface area contributed by atoms with E-state index in [4.69, 9.17) is 12.9 Å². The molecular formula is C40H58O10S2. The summed E-state index contributed by atoms with van der Waals surface area (Å²) in [6, 6.07) is 0. The van der Waals surface area contributed by atoms with Crippen molar-refractivity contribution in [1.82, 2.24) is 0 Å². The van der Waals surface area contributed by atoms with E-state index in [0.29, 0.717) is 6.42 Å². The highest BCUT2D eigenvalue weighted by Crippen LogP contribution is 2.47. The quantitative estimate of drug-likeness (QED) is 0.0890. The first-order valence-electron chi connectivity index (χ1n) is 17.4. The minimum atomic E-state index is -4.71. The SMILES string of the molecule is CC(C#CC1C(C)C(OS(=O)(=O)O)C(O)CC1(C)C)=CC=CC(C)=CC=CC=C(C)C=CC=C(C)C=CC1C(C)C(OS(=O)(=O)O)C(O)CC1(C)C. The molecule has 0 spiro atoms. The lowest BCUT2D eigenvalue weighted by Gasteiger charge is -2.47. The van der Waals surface area contributed by atoms with Crippen LogP contribution in [-0.2, 0) is 29.2 Å². The monoisotopic (exact) mass is 762 g/mol. The Kier molecular flexibility index (Phi) is 16.5. The molecule has 52 heavy (non-hydrogen) atoms. The van der Waals surface area contributed by atoms with Crippen LogP contribution in [0.15, 0.2) is 95.2 Å². The van der Waals surface area contributed by atoms with Gasteiger partial charge in [-0.1, -0.05) is 143 Å². The summed E-state index contributed by atoms with van der Waals surface area (Å²) in [7, 11) is -9.40. The highest BCUT2D eigenvalue weighted by molar-refractivity contribution is 7.81. The van der Waals surface area contributed by atoms with Crippen molar-refractivity contribution < 1.29 is 44.5 Å². The largest absolute Gasteiger partial charge is 0.397 e. The van der Waals surface area contributed by atoms with Crippen LogP contribution in [0.25, 0.3) is 0 Å². The topological polar surface area (TPSA) is 168 Å². The fraction of sp³-hybridized carbons (Fsp3) is 0.550. The molecule has 10 nitrogen and oxygen atoms in total. The zero-order valence-electron chi connectivity index (χ0n) is 32.0. The first kappa shape index (κ1) is 45.3. The molecule has 0 aromatic carbocycles. The summed E-state index contributed by atoms with van der Waals surface area (Å²) in [6.45, 7) is 19.4. The maximum Gasteiger partial charge on any atom is 0.397 e. The van der Waals surface area contributed by atoms with Crippen molar-refractivity contribution in [1.29, 1.82) is 0 Å². The van der Waals surface area contributed by atoms with Crippen molar-refractivity contribution in [2.45, 2.75) is 106 Å². The second-order valence-electron chi connectivity index (χ2n) is 15.5. The lowest BCUT2D eigenvalue weighted by Crippen LogP contribution is -2.50. The normalized spacial score (nSPS) is 31.1. The van der Waals surface area contributed by atoms with Crippen LogP contribution in [0.5, 0.6) is 0 Å². The van der Waals surface area contributed by atoms with Crippen LogP contribution >= 0.6 is 0 Å². The summed E-state index contributed by atoms with van der Waals surface area (Å²) >= 11 is 0. The van der Waals surface area contributed by atoms with E-state index in [0.717, 1.165) is 22.3 Å². The van der Waals surface area contributed by atoms with Crippen LogP contribution in [0, 0.1) is 46.3 Å². The van der Waals surface area contributed by atoms with Crippen molar-refractivity contribution in [2.75, 3.05) is 0 Å². The number of hydrogen-bond donors (Lipinski definition) is 4. The van der Waals surface area contributed by atoms with Crippen LogP contribution in [0.1, 0.15) is 82.1 Å². The molecule has 2 aliphatic rings. The van der Waals surface area contributed by atoms with Gasteiger partial charge in [0.15, 0.2) is 0 Å². The van der Waals surface area contributed by atoms with Gasteiger partial charge >= 0.3 is 20.8 Å². The number of aliphatic hydroxyl groups excluding tert-OH is 2. The molecule has 290 valence electrons. The first-order chi connectivity index (χ1) is 23.8. The molecule has 0 saturated heterocycles. The highest BCUT2D eigenvalue weighted by Gasteiger charge is 2.48. The molecule has 2 saturated carbocycles. The minimum Gasteiger partial charge on any atom is -0.390 e. The van der Waals surface area contributed by atoms with Crippen LogP contribution in [0.3, 0.4) is 0 Å². The van der Waals surface area contributed by atoms with Crippen LogP contribution in [-0.4, -0.2) is 60.6 Å². The van der Waals surface area contributed by atoms with Crippen LogP contribution < -0.4 is 0 Å². The fourth-order valence-corrected chi connectivity index (χ4v) is 8.37. The Labute approximate surface area is 312 Å². The second kappa shape index (κ2) is 18.9. The lowest BCUT2D eigenvalue weighted by atomic mass is 9.62. The lowest BCUT2D eigenvalue weighted by molar-refractivity contribution is -0.0856. The maximum atomic E-state index is 11.3. The van der Waals surface area contributed by atoms with Gasteiger partial charge in [-0.05, 0) is 68.8 Å². The number of allylic oxidation sites excluding steroid dienone is 16. The molecule has 0 amide bonds. The molecule has 0 aliphatic heterocycles. The Hall–Kier alpha value is -2.86. The standard InChI is InChI=1S/C40H58O10S2/c1-27(17-13-19-29(3)21-23-33-31(5)37(49-51(43,44)45)35(41)25-39(33,7)8)15-11-12-16-28(2)18-14-20-30(4)22-24-34-32(6)38(50-52(46,47)48)36(42)26-40(34,9)10/h11-21,23,31-38,41-42H,25-26H2,1-10H3,(H,43,44,45)(H,46,47,48). The zero-order chi connectivity index (χ0) is 39.7. The molecule has 2 aliphatic carbocycles.